The van der Waals surface area contributed by atoms with E-state index in [1.54, 1.807) is 4.90 Å². The van der Waals surface area contributed by atoms with Crippen LogP contribution in [0.1, 0.15) is 49.6 Å². The monoisotopic (exact) mass is 343 g/mol. The number of rotatable bonds is 7. The van der Waals surface area contributed by atoms with E-state index in [1.807, 2.05) is 58.0 Å². The van der Waals surface area contributed by atoms with Crippen LogP contribution in [0.4, 0.5) is 0 Å². The lowest BCUT2D eigenvalue weighted by Gasteiger charge is -2.25. The predicted molar refractivity (Wildman–Crippen MR) is 94.9 cm³/mol. The van der Waals surface area contributed by atoms with Gasteiger partial charge in [-0.1, -0.05) is 30.3 Å². The summed E-state index contributed by atoms with van der Waals surface area (Å²) in [5.41, 5.74) is 1.19. The van der Waals surface area contributed by atoms with Crippen LogP contribution in [-0.2, 0) is 17.8 Å². The van der Waals surface area contributed by atoms with Gasteiger partial charge in [-0.2, -0.15) is 0 Å². The van der Waals surface area contributed by atoms with Crippen LogP contribution in [0.15, 0.2) is 41.0 Å². The van der Waals surface area contributed by atoms with E-state index in [4.69, 9.17) is 4.42 Å². The summed E-state index contributed by atoms with van der Waals surface area (Å²) in [7, 11) is 0. The zero-order chi connectivity index (χ0) is 18.4. The third-order valence-electron chi connectivity index (χ3n) is 3.65. The molecule has 0 aliphatic rings. The van der Waals surface area contributed by atoms with Crippen molar-refractivity contribution < 1.29 is 14.0 Å². The molecule has 6 nitrogen and oxygen atoms in total. The number of hydrogen-bond donors (Lipinski definition) is 1. The fourth-order valence-corrected chi connectivity index (χ4v) is 2.40. The number of carbonyl (C=O) groups is 2. The van der Waals surface area contributed by atoms with E-state index in [1.165, 1.54) is 6.26 Å². The normalized spacial score (nSPS) is 11.0. The summed E-state index contributed by atoms with van der Waals surface area (Å²) < 4.78 is 5.38. The molecular weight excluding hydrogens is 318 g/mol. The van der Waals surface area contributed by atoms with Gasteiger partial charge in [-0.15, -0.1) is 0 Å². The van der Waals surface area contributed by atoms with Crippen molar-refractivity contribution >= 4 is 11.8 Å². The lowest BCUT2D eigenvalue weighted by atomic mass is 10.1. The maximum Gasteiger partial charge on any atom is 0.273 e. The fraction of sp³-hybridized carbons (Fsp3) is 0.421. The molecule has 0 radical (unpaired) electrons. The summed E-state index contributed by atoms with van der Waals surface area (Å²) in [5, 5.41) is 2.76. The van der Waals surface area contributed by atoms with Crippen molar-refractivity contribution in [3.63, 3.8) is 0 Å². The standard InChI is InChI=1S/C19H25N3O3/c1-13(2)20-19(24)16-12-25-17(21-16)11-22(14(3)4)18(23)10-15-8-6-5-7-9-15/h5-9,12-14H,10-11H2,1-4H3,(H,20,24). The second-order valence-corrected chi connectivity index (χ2v) is 6.53. The lowest BCUT2D eigenvalue weighted by Crippen LogP contribution is -2.37. The molecule has 0 atom stereocenters. The Hall–Kier alpha value is -2.63. The number of hydrogen-bond acceptors (Lipinski definition) is 4. The highest BCUT2D eigenvalue weighted by atomic mass is 16.3. The van der Waals surface area contributed by atoms with Gasteiger partial charge in [-0.25, -0.2) is 4.98 Å². The molecule has 0 spiro atoms. The summed E-state index contributed by atoms with van der Waals surface area (Å²) in [6.07, 6.45) is 1.65. The number of nitrogens with one attached hydrogen (secondary N) is 1. The van der Waals surface area contributed by atoms with E-state index in [-0.39, 0.29) is 36.1 Å². The molecule has 0 unspecified atom stereocenters. The molecule has 0 aliphatic carbocycles. The zero-order valence-electron chi connectivity index (χ0n) is 15.2. The summed E-state index contributed by atoms with van der Waals surface area (Å²) >= 11 is 0. The summed E-state index contributed by atoms with van der Waals surface area (Å²) in [5.74, 6) is 0.0632. The Morgan fingerprint density at radius 1 is 1.16 bits per heavy atom. The first-order chi connectivity index (χ1) is 11.9. The molecule has 25 heavy (non-hydrogen) atoms. The number of oxazole rings is 1. The van der Waals surface area contributed by atoms with Gasteiger partial charge < -0.3 is 14.6 Å². The van der Waals surface area contributed by atoms with Crippen LogP contribution in [0.3, 0.4) is 0 Å². The Morgan fingerprint density at radius 2 is 1.84 bits per heavy atom. The average Bonchev–Trinajstić information content (AvgIpc) is 3.01. The van der Waals surface area contributed by atoms with Gasteiger partial charge in [-0.05, 0) is 33.3 Å². The second kappa shape index (κ2) is 8.46. The van der Waals surface area contributed by atoms with Crippen molar-refractivity contribution in [1.29, 1.82) is 0 Å². The topological polar surface area (TPSA) is 75.4 Å². The van der Waals surface area contributed by atoms with Gasteiger partial charge in [0.1, 0.15) is 6.26 Å². The number of nitrogens with zero attached hydrogens (tertiary/aromatic N) is 2. The smallest absolute Gasteiger partial charge is 0.273 e. The van der Waals surface area contributed by atoms with Crippen molar-refractivity contribution in [3.8, 4) is 0 Å². The Morgan fingerprint density at radius 3 is 2.44 bits per heavy atom. The molecule has 134 valence electrons. The Bertz CT molecular complexity index is 708. The first-order valence-corrected chi connectivity index (χ1v) is 8.45. The van der Waals surface area contributed by atoms with Gasteiger partial charge in [0.15, 0.2) is 5.69 Å². The van der Waals surface area contributed by atoms with Crippen LogP contribution in [0.5, 0.6) is 0 Å². The Labute approximate surface area is 148 Å². The van der Waals surface area contributed by atoms with Gasteiger partial charge >= 0.3 is 0 Å². The van der Waals surface area contributed by atoms with E-state index in [0.29, 0.717) is 12.3 Å². The molecule has 0 bridgehead atoms. The number of amides is 2. The van der Waals surface area contributed by atoms with Crippen molar-refractivity contribution in [2.24, 2.45) is 0 Å². The summed E-state index contributed by atoms with van der Waals surface area (Å²) in [4.78, 5) is 30.5. The molecular formula is C19H25N3O3. The maximum absolute atomic E-state index is 12.6. The third kappa shape index (κ3) is 5.45. The van der Waals surface area contributed by atoms with Crippen LogP contribution in [0.2, 0.25) is 0 Å². The SMILES string of the molecule is CC(C)NC(=O)c1coc(CN(C(=O)Cc2ccccc2)C(C)C)n1. The summed E-state index contributed by atoms with van der Waals surface area (Å²) in [6, 6.07) is 9.62. The molecule has 2 aromatic rings. The molecule has 1 N–H and O–H groups in total. The molecule has 0 fully saturated rings. The zero-order valence-corrected chi connectivity index (χ0v) is 15.2. The van der Waals surface area contributed by atoms with E-state index < -0.39 is 0 Å². The number of benzene rings is 1. The number of aromatic nitrogens is 1. The van der Waals surface area contributed by atoms with Gasteiger partial charge in [-0.3, -0.25) is 9.59 Å². The first kappa shape index (κ1) is 18.7. The van der Waals surface area contributed by atoms with Crippen molar-refractivity contribution in [1.82, 2.24) is 15.2 Å². The van der Waals surface area contributed by atoms with E-state index in [2.05, 4.69) is 10.3 Å². The second-order valence-electron chi connectivity index (χ2n) is 6.53. The summed E-state index contributed by atoms with van der Waals surface area (Å²) in [6.45, 7) is 7.87. The molecule has 0 saturated carbocycles. The minimum Gasteiger partial charge on any atom is -0.446 e. The van der Waals surface area contributed by atoms with E-state index in [9.17, 15) is 9.59 Å². The molecule has 6 heteroatoms. The van der Waals surface area contributed by atoms with Crippen molar-refractivity contribution in [2.75, 3.05) is 0 Å². The van der Waals surface area contributed by atoms with Crippen LogP contribution in [0.25, 0.3) is 0 Å². The molecule has 1 aromatic carbocycles. The maximum atomic E-state index is 12.6. The van der Waals surface area contributed by atoms with Crippen molar-refractivity contribution in [3.05, 3.63) is 53.7 Å². The first-order valence-electron chi connectivity index (χ1n) is 8.45. The molecule has 2 rings (SSSR count). The van der Waals surface area contributed by atoms with Crippen LogP contribution >= 0.6 is 0 Å². The molecule has 0 aliphatic heterocycles. The average molecular weight is 343 g/mol. The van der Waals surface area contributed by atoms with Gasteiger partial charge in [0, 0.05) is 12.1 Å². The van der Waals surface area contributed by atoms with Gasteiger partial charge in [0.25, 0.3) is 5.91 Å². The minimum atomic E-state index is -0.281. The predicted octanol–water partition coefficient (Wildman–Crippen LogP) is 2.79. The Kier molecular flexibility index (Phi) is 6.33. The van der Waals surface area contributed by atoms with E-state index >= 15 is 0 Å². The number of carbonyl (C=O) groups excluding carboxylic acids is 2. The van der Waals surface area contributed by atoms with Gasteiger partial charge in [0.05, 0.1) is 13.0 Å². The quantitative estimate of drug-likeness (QED) is 0.839. The molecule has 0 saturated heterocycles. The largest absolute Gasteiger partial charge is 0.446 e. The van der Waals surface area contributed by atoms with Crippen molar-refractivity contribution in [2.45, 2.75) is 52.7 Å². The lowest BCUT2D eigenvalue weighted by molar-refractivity contribution is -0.133. The molecule has 1 heterocycles. The third-order valence-corrected chi connectivity index (χ3v) is 3.65. The molecule has 1 aromatic heterocycles. The van der Waals surface area contributed by atoms with Crippen LogP contribution in [0, 0.1) is 0 Å². The van der Waals surface area contributed by atoms with E-state index in [0.717, 1.165) is 5.56 Å². The fourth-order valence-electron chi connectivity index (χ4n) is 2.40. The highest BCUT2D eigenvalue weighted by molar-refractivity contribution is 5.92. The highest BCUT2D eigenvalue weighted by Gasteiger charge is 2.21. The minimum absolute atomic E-state index is 0.00365. The van der Waals surface area contributed by atoms with Gasteiger partial charge in [0.2, 0.25) is 11.8 Å². The molecule has 2 amide bonds. The van der Waals surface area contributed by atoms with Crippen LogP contribution < -0.4 is 5.32 Å². The van der Waals surface area contributed by atoms with Crippen LogP contribution in [-0.4, -0.2) is 33.8 Å². The highest BCUT2D eigenvalue weighted by Crippen LogP contribution is 2.12. The Balaban J connectivity index is 2.05.